The Kier molecular flexibility index (Phi) is 3.62. The van der Waals surface area contributed by atoms with Crippen molar-refractivity contribution in [2.75, 3.05) is 6.54 Å². The molecule has 4 aliphatic heterocycles. The standard InChI is InChI=1S/C18H21NO5/c1-11-9-13(22-16(11)20)5-3-7-15-19-8-4-6-14(19)18(23-15)10-12(2)17(21)24-18/h5,9-10,14-15H,3-4,6-8H2,1-2H3/b13-5+/t14-,15-,18+/m1/s1. The number of hydrogen-bond donors (Lipinski definition) is 0. The number of nitrogens with zero attached hydrogens (tertiary/aromatic N) is 1. The molecule has 0 N–H and O–H groups in total. The van der Waals surface area contributed by atoms with Crippen LogP contribution in [0.4, 0.5) is 0 Å². The first-order valence-electron chi connectivity index (χ1n) is 8.45. The van der Waals surface area contributed by atoms with E-state index in [1.807, 2.05) is 12.2 Å². The zero-order valence-corrected chi connectivity index (χ0v) is 13.9. The zero-order valence-electron chi connectivity index (χ0n) is 13.9. The van der Waals surface area contributed by atoms with E-state index in [1.54, 1.807) is 19.9 Å². The second-order valence-corrected chi connectivity index (χ2v) is 6.81. The van der Waals surface area contributed by atoms with E-state index < -0.39 is 5.79 Å². The third-order valence-corrected chi connectivity index (χ3v) is 5.09. The van der Waals surface area contributed by atoms with Gasteiger partial charge in [0.1, 0.15) is 12.0 Å². The summed E-state index contributed by atoms with van der Waals surface area (Å²) in [6.45, 7) is 4.46. The lowest BCUT2D eigenvalue weighted by Gasteiger charge is -2.25. The average Bonchev–Trinajstić information content (AvgIpc) is 3.23. The highest BCUT2D eigenvalue weighted by Crippen LogP contribution is 2.45. The van der Waals surface area contributed by atoms with Gasteiger partial charge in [0, 0.05) is 17.7 Å². The summed E-state index contributed by atoms with van der Waals surface area (Å²) >= 11 is 0. The lowest BCUT2D eigenvalue weighted by atomic mass is 10.0. The molecular weight excluding hydrogens is 310 g/mol. The maximum absolute atomic E-state index is 11.8. The number of rotatable bonds is 3. The molecule has 0 bridgehead atoms. The fraction of sp³-hybridized carbons (Fsp3) is 0.556. The van der Waals surface area contributed by atoms with Crippen LogP contribution in [0, 0.1) is 0 Å². The molecule has 4 rings (SSSR count). The monoisotopic (exact) mass is 331 g/mol. The molecule has 4 heterocycles. The van der Waals surface area contributed by atoms with Crippen molar-refractivity contribution in [3.8, 4) is 0 Å². The van der Waals surface area contributed by atoms with Crippen molar-refractivity contribution in [3.05, 3.63) is 35.1 Å². The molecule has 0 aliphatic carbocycles. The molecule has 4 aliphatic rings. The highest BCUT2D eigenvalue weighted by Gasteiger charge is 2.58. The minimum absolute atomic E-state index is 0.0912. The van der Waals surface area contributed by atoms with E-state index in [4.69, 9.17) is 14.2 Å². The normalized spacial score (nSPS) is 37.0. The predicted molar refractivity (Wildman–Crippen MR) is 84.3 cm³/mol. The molecule has 6 heteroatoms. The number of carbonyl (C=O) groups excluding carboxylic acids is 2. The van der Waals surface area contributed by atoms with Gasteiger partial charge in [0.05, 0.1) is 6.04 Å². The predicted octanol–water partition coefficient (Wildman–Crippen LogP) is 2.17. The summed E-state index contributed by atoms with van der Waals surface area (Å²) in [5, 5.41) is 0. The Balaban J connectivity index is 1.44. The zero-order chi connectivity index (χ0) is 16.9. The molecule has 24 heavy (non-hydrogen) atoms. The van der Waals surface area contributed by atoms with Gasteiger partial charge >= 0.3 is 11.9 Å². The first-order chi connectivity index (χ1) is 11.5. The molecule has 0 unspecified atom stereocenters. The SMILES string of the molecule is CC1=C/C(=C\CC[C@H]2O[C@]3(C=C(C)C(=O)O3)[C@H]3CCCN23)OC1=O. The Morgan fingerprint density at radius 1 is 1.29 bits per heavy atom. The first kappa shape index (κ1) is 15.6. The van der Waals surface area contributed by atoms with Crippen molar-refractivity contribution >= 4 is 11.9 Å². The van der Waals surface area contributed by atoms with E-state index >= 15 is 0 Å². The van der Waals surface area contributed by atoms with E-state index in [-0.39, 0.29) is 24.2 Å². The van der Waals surface area contributed by atoms with Gasteiger partial charge in [0.15, 0.2) is 0 Å². The summed E-state index contributed by atoms with van der Waals surface area (Å²) in [6.07, 6.45) is 8.95. The maximum Gasteiger partial charge on any atom is 0.339 e. The Hall–Kier alpha value is -1.92. The fourth-order valence-corrected chi connectivity index (χ4v) is 3.95. The minimum atomic E-state index is -0.911. The lowest BCUT2D eigenvalue weighted by Crippen LogP contribution is -2.41. The van der Waals surface area contributed by atoms with Crippen LogP contribution >= 0.6 is 0 Å². The second kappa shape index (κ2) is 5.57. The van der Waals surface area contributed by atoms with Crippen LogP contribution in [0.5, 0.6) is 0 Å². The smallest absolute Gasteiger partial charge is 0.339 e. The number of ether oxygens (including phenoxy) is 3. The fourth-order valence-electron chi connectivity index (χ4n) is 3.95. The molecule has 1 spiro atoms. The number of carbonyl (C=O) groups is 2. The van der Waals surface area contributed by atoms with Crippen molar-refractivity contribution < 1.29 is 23.8 Å². The third kappa shape index (κ3) is 2.41. The van der Waals surface area contributed by atoms with E-state index in [2.05, 4.69) is 4.90 Å². The molecule has 2 saturated heterocycles. The van der Waals surface area contributed by atoms with Crippen LogP contribution in [0.3, 0.4) is 0 Å². The molecule has 0 aromatic heterocycles. The van der Waals surface area contributed by atoms with Crippen LogP contribution in [0.15, 0.2) is 35.1 Å². The van der Waals surface area contributed by atoms with Crippen LogP contribution in [0.1, 0.15) is 39.5 Å². The molecule has 3 atom stereocenters. The topological polar surface area (TPSA) is 65.1 Å². The van der Waals surface area contributed by atoms with Crippen molar-refractivity contribution in [1.29, 1.82) is 0 Å². The highest BCUT2D eigenvalue weighted by molar-refractivity contribution is 5.92. The van der Waals surface area contributed by atoms with E-state index in [0.29, 0.717) is 16.9 Å². The summed E-state index contributed by atoms with van der Waals surface area (Å²) < 4.78 is 16.9. The number of fused-ring (bicyclic) bond motifs is 2. The minimum Gasteiger partial charge on any atom is -0.424 e. The lowest BCUT2D eigenvalue weighted by molar-refractivity contribution is -0.197. The molecule has 0 amide bonds. The van der Waals surface area contributed by atoms with Crippen LogP contribution in [0.2, 0.25) is 0 Å². The van der Waals surface area contributed by atoms with Gasteiger partial charge in [-0.3, -0.25) is 4.90 Å². The summed E-state index contributed by atoms with van der Waals surface area (Å²) in [5.41, 5.74) is 1.23. The Morgan fingerprint density at radius 2 is 2.12 bits per heavy atom. The summed E-state index contributed by atoms with van der Waals surface area (Å²) in [5.74, 6) is -0.879. The van der Waals surface area contributed by atoms with Gasteiger partial charge in [0.2, 0.25) is 0 Å². The summed E-state index contributed by atoms with van der Waals surface area (Å²) in [7, 11) is 0. The van der Waals surface area contributed by atoms with Crippen molar-refractivity contribution in [2.24, 2.45) is 0 Å². The van der Waals surface area contributed by atoms with E-state index in [9.17, 15) is 9.59 Å². The van der Waals surface area contributed by atoms with Crippen LogP contribution in [-0.2, 0) is 23.8 Å². The van der Waals surface area contributed by atoms with Crippen molar-refractivity contribution in [1.82, 2.24) is 4.90 Å². The molecule has 0 aromatic rings. The van der Waals surface area contributed by atoms with Gasteiger partial charge in [-0.1, -0.05) is 0 Å². The summed E-state index contributed by atoms with van der Waals surface area (Å²) in [6, 6.07) is 0.100. The van der Waals surface area contributed by atoms with Gasteiger partial charge in [-0.05, 0) is 57.8 Å². The first-order valence-corrected chi connectivity index (χ1v) is 8.45. The Morgan fingerprint density at radius 3 is 2.79 bits per heavy atom. The number of allylic oxidation sites excluding steroid dienone is 2. The van der Waals surface area contributed by atoms with Gasteiger partial charge in [-0.15, -0.1) is 0 Å². The summed E-state index contributed by atoms with van der Waals surface area (Å²) in [4.78, 5) is 25.5. The molecule has 0 aromatic carbocycles. The highest BCUT2D eigenvalue weighted by atomic mass is 16.7. The maximum atomic E-state index is 11.8. The molecule has 2 fully saturated rings. The van der Waals surface area contributed by atoms with Gasteiger partial charge in [-0.2, -0.15) is 0 Å². The van der Waals surface area contributed by atoms with Crippen LogP contribution in [0.25, 0.3) is 0 Å². The van der Waals surface area contributed by atoms with E-state index in [1.165, 1.54) is 0 Å². The molecule has 128 valence electrons. The third-order valence-electron chi connectivity index (χ3n) is 5.09. The van der Waals surface area contributed by atoms with E-state index in [0.717, 1.165) is 32.2 Å². The van der Waals surface area contributed by atoms with Crippen LogP contribution in [-0.4, -0.2) is 41.4 Å². The van der Waals surface area contributed by atoms with Crippen molar-refractivity contribution in [3.63, 3.8) is 0 Å². The van der Waals surface area contributed by atoms with Gasteiger partial charge in [0.25, 0.3) is 5.79 Å². The number of esters is 2. The quantitative estimate of drug-likeness (QED) is 0.739. The average molecular weight is 331 g/mol. The van der Waals surface area contributed by atoms with Crippen molar-refractivity contribution in [2.45, 2.75) is 57.6 Å². The molecule has 6 nitrogen and oxygen atoms in total. The molecule has 0 radical (unpaired) electrons. The largest absolute Gasteiger partial charge is 0.424 e. The van der Waals surface area contributed by atoms with Gasteiger partial charge < -0.3 is 14.2 Å². The molecular formula is C18H21NO5. The number of cyclic esters (lactones) is 1. The Bertz CT molecular complexity index is 692. The Labute approximate surface area is 140 Å². The molecule has 0 saturated carbocycles. The van der Waals surface area contributed by atoms with Gasteiger partial charge in [-0.25, -0.2) is 9.59 Å². The second-order valence-electron chi connectivity index (χ2n) is 6.81. The number of hydrogen-bond acceptors (Lipinski definition) is 6. The van der Waals surface area contributed by atoms with Crippen LogP contribution < -0.4 is 0 Å².